The summed E-state index contributed by atoms with van der Waals surface area (Å²) < 4.78 is 29.8. The molecule has 0 radical (unpaired) electrons. The molecule has 2 atom stereocenters. The van der Waals surface area contributed by atoms with Crippen molar-refractivity contribution >= 4 is 5.91 Å². The lowest BCUT2D eigenvalue weighted by atomic mass is 9.97. The maximum atomic E-state index is 13.5. The zero-order valence-corrected chi connectivity index (χ0v) is 17.8. The van der Waals surface area contributed by atoms with Crippen LogP contribution in [0, 0.1) is 18.7 Å². The van der Waals surface area contributed by atoms with Crippen molar-refractivity contribution in [3.05, 3.63) is 35.5 Å². The molecule has 2 aromatic rings. The third-order valence-corrected chi connectivity index (χ3v) is 5.98. The normalized spacial score (nSPS) is 20.6. The van der Waals surface area contributed by atoms with Crippen molar-refractivity contribution in [3.8, 4) is 11.4 Å². The molecule has 168 valence electrons. The molecule has 4 rings (SSSR count). The van der Waals surface area contributed by atoms with E-state index in [-0.39, 0.29) is 24.2 Å². The van der Waals surface area contributed by atoms with Gasteiger partial charge in [-0.15, -0.1) is 0 Å². The molecule has 0 saturated carbocycles. The molecule has 2 unspecified atom stereocenters. The number of hydrogen-bond donors (Lipinski definition) is 1. The third-order valence-electron chi connectivity index (χ3n) is 5.98. The summed E-state index contributed by atoms with van der Waals surface area (Å²) in [5, 5.41) is 7.02. The standard InChI is InChI=1S/C22H29FN4O4/c1-15-12-16(2-3-18(15)23)22-25-21(31-26-22)5-4-20(28)24-13-19(17-6-9-30-14-17)27-7-10-29-11-8-27/h2-3,12,17,19H,4-11,13-14H2,1H3,(H,24,28). The van der Waals surface area contributed by atoms with E-state index in [0.717, 1.165) is 45.9 Å². The van der Waals surface area contributed by atoms with Gasteiger partial charge in [0.25, 0.3) is 0 Å². The lowest BCUT2D eigenvalue weighted by Crippen LogP contribution is -2.52. The molecule has 2 aliphatic heterocycles. The molecule has 3 heterocycles. The molecule has 2 fully saturated rings. The minimum Gasteiger partial charge on any atom is -0.381 e. The Kier molecular flexibility index (Phi) is 7.26. The summed E-state index contributed by atoms with van der Waals surface area (Å²) in [6.45, 7) is 7.02. The van der Waals surface area contributed by atoms with Crippen molar-refractivity contribution in [1.82, 2.24) is 20.4 Å². The molecule has 0 aliphatic carbocycles. The number of rotatable bonds is 8. The molecular formula is C22H29FN4O4. The highest BCUT2D eigenvalue weighted by Gasteiger charge is 2.31. The van der Waals surface area contributed by atoms with Gasteiger partial charge >= 0.3 is 0 Å². The van der Waals surface area contributed by atoms with Gasteiger partial charge in [-0.05, 0) is 37.1 Å². The Hall–Kier alpha value is -2.36. The van der Waals surface area contributed by atoms with Gasteiger partial charge < -0.3 is 19.3 Å². The molecule has 2 saturated heterocycles. The summed E-state index contributed by atoms with van der Waals surface area (Å²) in [6, 6.07) is 4.93. The van der Waals surface area contributed by atoms with Gasteiger partial charge in [-0.1, -0.05) is 5.16 Å². The van der Waals surface area contributed by atoms with Gasteiger partial charge in [-0.3, -0.25) is 9.69 Å². The van der Waals surface area contributed by atoms with E-state index in [9.17, 15) is 9.18 Å². The summed E-state index contributed by atoms with van der Waals surface area (Å²) in [7, 11) is 0. The van der Waals surface area contributed by atoms with Crippen molar-refractivity contribution in [3.63, 3.8) is 0 Å². The topological polar surface area (TPSA) is 89.7 Å². The second-order valence-electron chi connectivity index (χ2n) is 8.12. The van der Waals surface area contributed by atoms with Crippen molar-refractivity contribution < 1.29 is 23.2 Å². The lowest BCUT2D eigenvalue weighted by molar-refractivity contribution is -0.121. The second kappa shape index (κ2) is 10.3. The van der Waals surface area contributed by atoms with Crippen molar-refractivity contribution in [2.45, 2.75) is 32.2 Å². The Morgan fingerprint density at radius 2 is 2.13 bits per heavy atom. The number of carbonyl (C=O) groups is 1. The number of halogens is 1. The van der Waals surface area contributed by atoms with Gasteiger partial charge in [0.1, 0.15) is 5.82 Å². The van der Waals surface area contributed by atoms with Crippen LogP contribution in [0.25, 0.3) is 11.4 Å². The van der Waals surface area contributed by atoms with Gasteiger partial charge in [0.2, 0.25) is 17.6 Å². The summed E-state index contributed by atoms with van der Waals surface area (Å²) in [4.78, 5) is 19.2. The Bertz CT molecular complexity index is 878. The number of benzene rings is 1. The van der Waals surface area contributed by atoms with Crippen molar-refractivity contribution in [2.75, 3.05) is 46.1 Å². The lowest BCUT2D eigenvalue weighted by Gasteiger charge is -2.37. The first-order valence-electron chi connectivity index (χ1n) is 10.9. The average molecular weight is 432 g/mol. The highest BCUT2D eigenvalue weighted by molar-refractivity contribution is 5.76. The molecule has 1 N–H and O–H groups in total. The SMILES string of the molecule is Cc1cc(-c2noc(CCC(=O)NCC(C3CCOC3)N3CCOCC3)n2)ccc1F. The van der Waals surface area contributed by atoms with Crippen LogP contribution in [0.3, 0.4) is 0 Å². The minimum atomic E-state index is -0.274. The van der Waals surface area contributed by atoms with Gasteiger partial charge in [0, 0.05) is 56.6 Å². The Morgan fingerprint density at radius 1 is 1.29 bits per heavy atom. The van der Waals surface area contributed by atoms with Crippen LogP contribution in [-0.4, -0.2) is 73.1 Å². The van der Waals surface area contributed by atoms with E-state index in [1.165, 1.54) is 6.07 Å². The number of amides is 1. The number of nitrogens with zero attached hydrogens (tertiary/aromatic N) is 3. The molecule has 1 aromatic carbocycles. The van der Waals surface area contributed by atoms with Crippen LogP contribution in [0.4, 0.5) is 4.39 Å². The fraction of sp³-hybridized carbons (Fsp3) is 0.591. The van der Waals surface area contributed by atoms with E-state index in [1.807, 2.05) is 0 Å². The summed E-state index contributed by atoms with van der Waals surface area (Å²) in [6.07, 6.45) is 1.64. The molecule has 8 nitrogen and oxygen atoms in total. The number of carbonyl (C=O) groups excluding carboxylic acids is 1. The number of hydrogen-bond acceptors (Lipinski definition) is 7. The quantitative estimate of drug-likeness (QED) is 0.682. The highest BCUT2D eigenvalue weighted by atomic mass is 19.1. The molecular weight excluding hydrogens is 403 g/mol. The van der Waals surface area contributed by atoms with Gasteiger partial charge in [0.05, 0.1) is 19.8 Å². The fourth-order valence-electron chi connectivity index (χ4n) is 4.14. The van der Waals surface area contributed by atoms with Crippen molar-refractivity contribution in [1.29, 1.82) is 0 Å². The molecule has 2 aliphatic rings. The molecule has 31 heavy (non-hydrogen) atoms. The fourth-order valence-corrected chi connectivity index (χ4v) is 4.14. The second-order valence-corrected chi connectivity index (χ2v) is 8.12. The maximum Gasteiger partial charge on any atom is 0.227 e. The van der Waals surface area contributed by atoms with E-state index in [1.54, 1.807) is 19.1 Å². The highest BCUT2D eigenvalue weighted by Crippen LogP contribution is 2.22. The average Bonchev–Trinajstić information content (AvgIpc) is 3.48. The van der Waals surface area contributed by atoms with Crippen LogP contribution < -0.4 is 5.32 Å². The summed E-state index contributed by atoms with van der Waals surface area (Å²) in [5.41, 5.74) is 1.20. The van der Waals surface area contributed by atoms with E-state index in [4.69, 9.17) is 14.0 Å². The smallest absolute Gasteiger partial charge is 0.227 e. The Morgan fingerprint density at radius 3 is 2.87 bits per heavy atom. The van der Waals surface area contributed by atoms with Gasteiger partial charge in [-0.25, -0.2) is 4.39 Å². The van der Waals surface area contributed by atoms with Crippen LogP contribution in [0.15, 0.2) is 22.7 Å². The first-order chi connectivity index (χ1) is 15.1. The Balaban J connectivity index is 1.28. The van der Waals surface area contributed by atoms with Crippen LogP contribution in [-0.2, 0) is 20.7 Å². The van der Waals surface area contributed by atoms with E-state index in [2.05, 4.69) is 20.4 Å². The molecule has 0 bridgehead atoms. The van der Waals surface area contributed by atoms with E-state index in [0.29, 0.717) is 41.7 Å². The third kappa shape index (κ3) is 5.66. The molecule has 9 heteroatoms. The maximum absolute atomic E-state index is 13.5. The van der Waals surface area contributed by atoms with Crippen molar-refractivity contribution in [2.24, 2.45) is 5.92 Å². The number of aromatic nitrogens is 2. The predicted octanol–water partition coefficient (Wildman–Crippen LogP) is 1.97. The van der Waals surface area contributed by atoms with Gasteiger partial charge in [0.15, 0.2) is 0 Å². The number of aryl methyl sites for hydroxylation is 2. The largest absolute Gasteiger partial charge is 0.381 e. The van der Waals surface area contributed by atoms with Crippen LogP contribution in [0.5, 0.6) is 0 Å². The summed E-state index contributed by atoms with van der Waals surface area (Å²) in [5.74, 6) is 0.891. The van der Waals surface area contributed by atoms with Gasteiger partial charge in [-0.2, -0.15) is 4.98 Å². The number of nitrogens with one attached hydrogen (secondary N) is 1. The van der Waals surface area contributed by atoms with E-state index < -0.39 is 0 Å². The van der Waals surface area contributed by atoms with Crippen LogP contribution >= 0.6 is 0 Å². The first kappa shape index (κ1) is 21.9. The zero-order valence-electron chi connectivity index (χ0n) is 17.8. The predicted molar refractivity (Wildman–Crippen MR) is 111 cm³/mol. The van der Waals surface area contributed by atoms with Crippen LogP contribution in [0.1, 0.15) is 24.3 Å². The zero-order chi connectivity index (χ0) is 21.6. The number of morpholine rings is 1. The molecule has 0 spiro atoms. The molecule has 1 aromatic heterocycles. The minimum absolute atomic E-state index is 0.0467. The first-order valence-corrected chi connectivity index (χ1v) is 10.9. The number of ether oxygens (including phenoxy) is 2. The molecule has 1 amide bonds. The van der Waals surface area contributed by atoms with Crippen LogP contribution in [0.2, 0.25) is 0 Å². The van der Waals surface area contributed by atoms with E-state index >= 15 is 0 Å². The Labute approximate surface area is 181 Å². The monoisotopic (exact) mass is 432 g/mol. The summed E-state index contributed by atoms with van der Waals surface area (Å²) >= 11 is 0.